The Bertz CT molecular complexity index is 981. The third kappa shape index (κ3) is 4.73. The highest BCUT2D eigenvalue weighted by Gasteiger charge is 2.07. The van der Waals surface area contributed by atoms with Crippen LogP contribution in [-0.2, 0) is 21.9 Å². The zero-order valence-corrected chi connectivity index (χ0v) is 15.6. The Balaban J connectivity index is 1.52. The van der Waals surface area contributed by atoms with Gasteiger partial charge in [-0.2, -0.15) is 0 Å². The predicted molar refractivity (Wildman–Crippen MR) is 103 cm³/mol. The van der Waals surface area contributed by atoms with Crippen LogP contribution in [0.1, 0.15) is 22.4 Å². The van der Waals surface area contributed by atoms with E-state index in [4.69, 9.17) is 4.74 Å². The fourth-order valence-corrected chi connectivity index (χ4v) is 3.25. The summed E-state index contributed by atoms with van der Waals surface area (Å²) in [5.74, 6) is 0.706. The van der Waals surface area contributed by atoms with Gasteiger partial charge in [-0.1, -0.05) is 35.9 Å². The largest absolute Gasteiger partial charge is 0.459 e. The lowest BCUT2D eigenvalue weighted by Crippen LogP contribution is -2.17. The molecule has 0 N–H and O–H groups in total. The van der Waals surface area contributed by atoms with Crippen molar-refractivity contribution in [2.45, 2.75) is 26.2 Å². The van der Waals surface area contributed by atoms with Crippen molar-refractivity contribution in [3.63, 3.8) is 0 Å². The maximum Gasteiger partial charge on any atom is 0.316 e. The summed E-state index contributed by atoms with van der Waals surface area (Å²) in [7, 11) is 0. The van der Waals surface area contributed by atoms with E-state index in [0.29, 0.717) is 11.3 Å². The molecule has 26 heavy (non-hydrogen) atoms. The van der Waals surface area contributed by atoms with Crippen LogP contribution in [0.3, 0.4) is 0 Å². The van der Waals surface area contributed by atoms with Gasteiger partial charge >= 0.3 is 5.97 Å². The number of fused-ring (bicyclic) bond motifs is 1. The normalized spacial score (nSPS) is 10.8. The Morgan fingerprint density at radius 1 is 1.12 bits per heavy atom. The number of ether oxygens (including phenoxy) is 1. The Hall–Kier alpha value is -2.60. The summed E-state index contributed by atoms with van der Waals surface area (Å²) in [4.78, 5) is 28.4. The Morgan fingerprint density at radius 3 is 2.62 bits per heavy atom. The minimum absolute atomic E-state index is 0.00351. The second kappa shape index (κ2) is 8.19. The second-order valence-electron chi connectivity index (χ2n) is 6.16. The molecule has 0 radical (unpaired) electrons. The van der Waals surface area contributed by atoms with Crippen molar-refractivity contribution in [2.24, 2.45) is 0 Å². The van der Waals surface area contributed by atoms with Crippen molar-refractivity contribution in [3.8, 4) is 0 Å². The lowest BCUT2D eigenvalue weighted by Gasteiger charge is -2.07. The van der Waals surface area contributed by atoms with Gasteiger partial charge in [0, 0.05) is 18.0 Å². The van der Waals surface area contributed by atoms with Crippen LogP contribution in [0.4, 0.5) is 0 Å². The number of nitrogens with zero attached hydrogens (tertiary/aromatic N) is 2. The van der Waals surface area contributed by atoms with Crippen LogP contribution in [0.15, 0.2) is 53.5 Å². The first-order valence-electron chi connectivity index (χ1n) is 8.29. The molecule has 6 heteroatoms. The van der Waals surface area contributed by atoms with E-state index in [9.17, 15) is 9.59 Å². The van der Waals surface area contributed by atoms with Gasteiger partial charge in [0.25, 0.3) is 5.56 Å². The molecule has 0 atom stereocenters. The standard InChI is InChI=1S/C20H20N2O3S/c1-14-3-6-16(7-4-14)12-26-13-20(24)25-11-17-9-19(23)22-10-15(2)5-8-18(22)21-17/h3-10H,11-13H2,1-2H3. The molecule has 0 amide bonds. The zero-order valence-electron chi connectivity index (χ0n) is 14.8. The maximum absolute atomic E-state index is 12.1. The number of benzene rings is 1. The number of aryl methyl sites for hydroxylation is 2. The lowest BCUT2D eigenvalue weighted by atomic mass is 10.2. The van der Waals surface area contributed by atoms with E-state index in [1.165, 1.54) is 33.4 Å². The molecule has 0 saturated heterocycles. The molecule has 1 aromatic carbocycles. The minimum atomic E-state index is -0.312. The topological polar surface area (TPSA) is 60.7 Å². The third-order valence-corrected chi connectivity index (χ3v) is 4.83. The summed E-state index contributed by atoms with van der Waals surface area (Å²) in [6.45, 7) is 3.96. The van der Waals surface area contributed by atoms with Gasteiger partial charge < -0.3 is 4.74 Å². The van der Waals surface area contributed by atoms with E-state index in [1.807, 2.05) is 19.9 Å². The molecule has 0 fully saturated rings. The molecule has 3 rings (SSSR count). The highest BCUT2D eigenvalue weighted by molar-refractivity contribution is 7.99. The van der Waals surface area contributed by atoms with Gasteiger partial charge in [0.1, 0.15) is 12.3 Å². The summed E-state index contributed by atoms with van der Waals surface area (Å²) in [6.07, 6.45) is 1.74. The fourth-order valence-electron chi connectivity index (χ4n) is 2.46. The van der Waals surface area contributed by atoms with Crippen LogP contribution in [0, 0.1) is 13.8 Å². The van der Waals surface area contributed by atoms with Crippen LogP contribution in [0.25, 0.3) is 5.65 Å². The molecule has 2 heterocycles. The third-order valence-electron chi connectivity index (χ3n) is 3.85. The zero-order chi connectivity index (χ0) is 18.5. The highest BCUT2D eigenvalue weighted by Crippen LogP contribution is 2.13. The summed E-state index contributed by atoms with van der Waals surface area (Å²) >= 11 is 1.50. The van der Waals surface area contributed by atoms with Gasteiger partial charge in [-0.25, -0.2) is 4.98 Å². The highest BCUT2D eigenvalue weighted by atomic mass is 32.2. The molecular weight excluding hydrogens is 348 g/mol. The molecule has 0 bridgehead atoms. The van der Waals surface area contributed by atoms with E-state index in [1.54, 1.807) is 12.3 Å². The Kier molecular flexibility index (Phi) is 5.73. The number of pyridine rings is 1. The van der Waals surface area contributed by atoms with Gasteiger partial charge in [0.05, 0.1) is 11.4 Å². The van der Waals surface area contributed by atoms with E-state index in [0.717, 1.165) is 11.3 Å². The molecule has 134 valence electrons. The van der Waals surface area contributed by atoms with Gasteiger partial charge in [0.2, 0.25) is 0 Å². The summed E-state index contributed by atoms with van der Waals surface area (Å²) in [5, 5.41) is 0. The lowest BCUT2D eigenvalue weighted by molar-refractivity contribution is -0.141. The SMILES string of the molecule is Cc1ccc(CSCC(=O)OCc2cc(=O)n3cc(C)ccc3n2)cc1. The molecule has 0 unspecified atom stereocenters. The number of carbonyl (C=O) groups excluding carboxylic acids is 1. The van der Waals surface area contributed by atoms with E-state index >= 15 is 0 Å². The van der Waals surface area contributed by atoms with Gasteiger partial charge in [-0.15, -0.1) is 11.8 Å². The number of rotatable bonds is 6. The monoisotopic (exact) mass is 368 g/mol. The minimum Gasteiger partial charge on any atom is -0.459 e. The number of aromatic nitrogens is 2. The average molecular weight is 368 g/mol. The quantitative estimate of drug-likeness (QED) is 0.625. The molecule has 0 aliphatic rings. The van der Waals surface area contributed by atoms with Crippen molar-refractivity contribution in [1.29, 1.82) is 0 Å². The molecule has 0 aliphatic carbocycles. The van der Waals surface area contributed by atoms with Crippen molar-refractivity contribution in [3.05, 3.63) is 81.4 Å². The van der Waals surface area contributed by atoms with Crippen molar-refractivity contribution in [2.75, 3.05) is 5.75 Å². The van der Waals surface area contributed by atoms with Crippen molar-refractivity contribution >= 4 is 23.4 Å². The summed E-state index contributed by atoms with van der Waals surface area (Å²) < 4.78 is 6.73. The van der Waals surface area contributed by atoms with Crippen molar-refractivity contribution < 1.29 is 9.53 Å². The van der Waals surface area contributed by atoms with Crippen LogP contribution in [-0.4, -0.2) is 21.1 Å². The van der Waals surface area contributed by atoms with E-state index in [2.05, 4.69) is 29.2 Å². The van der Waals surface area contributed by atoms with Gasteiger partial charge in [0.15, 0.2) is 0 Å². The number of esters is 1. The number of hydrogen-bond donors (Lipinski definition) is 0. The van der Waals surface area contributed by atoms with Crippen LogP contribution >= 0.6 is 11.8 Å². The first-order valence-corrected chi connectivity index (χ1v) is 9.44. The molecule has 0 aliphatic heterocycles. The Labute approximate surface area is 156 Å². The molecule has 0 spiro atoms. The van der Waals surface area contributed by atoms with E-state index < -0.39 is 0 Å². The van der Waals surface area contributed by atoms with Crippen LogP contribution in [0.2, 0.25) is 0 Å². The first kappa shape index (κ1) is 18.2. The van der Waals surface area contributed by atoms with Crippen LogP contribution in [0.5, 0.6) is 0 Å². The average Bonchev–Trinajstić information content (AvgIpc) is 2.62. The number of thioether (sulfide) groups is 1. The molecule has 5 nitrogen and oxygen atoms in total. The summed E-state index contributed by atoms with van der Waals surface area (Å²) in [6, 6.07) is 13.3. The Morgan fingerprint density at radius 2 is 1.85 bits per heavy atom. The molecule has 0 saturated carbocycles. The fraction of sp³-hybridized carbons (Fsp3) is 0.250. The maximum atomic E-state index is 12.1. The first-order chi connectivity index (χ1) is 12.5. The molecule has 3 aromatic rings. The number of hydrogen-bond acceptors (Lipinski definition) is 5. The van der Waals surface area contributed by atoms with E-state index in [-0.39, 0.29) is 23.9 Å². The second-order valence-corrected chi connectivity index (χ2v) is 7.15. The summed E-state index contributed by atoms with van der Waals surface area (Å²) in [5.41, 5.74) is 4.18. The predicted octanol–water partition coefficient (Wildman–Crippen LogP) is 3.29. The molecular formula is C20H20N2O3S. The molecule has 2 aromatic heterocycles. The number of carbonyl (C=O) groups is 1. The van der Waals surface area contributed by atoms with Crippen LogP contribution < -0.4 is 5.56 Å². The smallest absolute Gasteiger partial charge is 0.316 e. The van der Waals surface area contributed by atoms with Gasteiger partial charge in [-0.3, -0.25) is 14.0 Å². The van der Waals surface area contributed by atoms with Crippen molar-refractivity contribution in [1.82, 2.24) is 9.38 Å². The van der Waals surface area contributed by atoms with Gasteiger partial charge in [-0.05, 0) is 31.0 Å².